The van der Waals surface area contributed by atoms with Crippen molar-refractivity contribution in [2.75, 3.05) is 19.8 Å². The first kappa shape index (κ1) is 21.5. The van der Waals surface area contributed by atoms with Crippen LogP contribution >= 0.6 is 24.0 Å². The van der Waals surface area contributed by atoms with Crippen molar-refractivity contribution in [2.24, 2.45) is 0 Å². The van der Waals surface area contributed by atoms with E-state index in [0.29, 0.717) is 41.8 Å². The minimum absolute atomic E-state index is 0. The van der Waals surface area contributed by atoms with Gasteiger partial charge in [-0.1, -0.05) is 29.8 Å². The monoisotopic (exact) mass is 389 g/mol. The van der Waals surface area contributed by atoms with Crippen LogP contribution in [0.25, 0.3) is 0 Å². The Balaban J connectivity index is 0.00000312. The molecule has 0 spiro atoms. The van der Waals surface area contributed by atoms with E-state index in [1.54, 1.807) is 24.3 Å². The van der Waals surface area contributed by atoms with Gasteiger partial charge in [0, 0.05) is 18.7 Å². The Bertz CT molecular complexity index is 671. The summed E-state index contributed by atoms with van der Waals surface area (Å²) in [6, 6.07) is 10.0. The number of aliphatic hydroxyl groups excluding tert-OH is 1. The molecule has 0 aromatic heterocycles. The maximum Gasteiger partial charge on any atom is 0.180 e. The van der Waals surface area contributed by atoms with Crippen LogP contribution in [0, 0.1) is 5.82 Å². The van der Waals surface area contributed by atoms with Crippen molar-refractivity contribution in [3.8, 4) is 11.5 Å². The van der Waals surface area contributed by atoms with Crippen molar-refractivity contribution >= 4 is 24.0 Å². The predicted molar refractivity (Wildman–Crippen MR) is 99.4 cm³/mol. The molecule has 0 aliphatic rings. The lowest BCUT2D eigenvalue weighted by atomic mass is 10.2. The maximum atomic E-state index is 13.7. The fourth-order valence-corrected chi connectivity index (χ4v) is 2.49. The third-order valence-corrected chi connectivity index (χ3v) is 3.60. The van der Waals surface area contributed by atoms with E-state index in [0.717, 1.165) is 5.56 Å². The van der Waals surface area contributed by atoms with E-state index in [4.69, 9.17) is 26.2 Å². The summed E-state index contributed by atoms with van der Waals surface area (Å²) in [5.41, 5.74) is 1.36. The van der Waals surface area contributed by atoms with E-state index in [9.17, 15) is 4.39 Å². The van der Waals surface area contributed by atoms with Crippen LogP contribution in [0.4, 0.5) is 4.39 Å². The Morgan fingerprint density at radius 2 is 1.96 bits per heavy atom. The van der Waals surface area contributed by atoms with E-state index in [1.165, 1.54) is 6.07 Å². The molecule has 0 saturated heterocycles. The average molecular weight is 390 g/mol. The van der Waals surface area contributed by atoms with Gasteiger partial charge in [-0.25, -0.2) is 4.39 Å². The number of halogens is 3. The molecular formula is C18H22Cl2FNO3. The molecule has 138 valence electrons. The molecule has 0 heterocycles. The van der Waals surface area contributed by atoms with Gasteiger partial charge in [-0.15, -0.1) is 12.4 Å². The first-order valence-electron chi connectivity index (χ1n) is 7.78. The summed E-state index contributed by atoms with van der Waals surface area (Å²) >= 11 is 6.31. The lowest BCUT2D eigenvalue weighted by Crippen LogP contribution is -2.17. The molecule has 0 bridgehead atoms. The molecular weight excluding hydrogens is 368 g/mol. The number of nitrogens with one attached hydrogen (secondary N) is 1. The molecule has 2 rings (SSSR count). The number of ether oxygens (including phenoxy) is 2. The van der Waals surface area contributed by atoms with Gasteiger partial charge in [-0.2, -0.15) is 0 Å². The van der Waals surface area contributed by atoms with Crippen LogP contribution < -0.4 is 14.8 Å². The van der Waals surface area contributed by atoms with Gasteiger partial charge >= 0.3 is 0 Å². The second-order valence-electron chi connectivity index (χ2n) is 5.12. The molecule has 25 heavy (non-hydrogen) atoms. The number of benzene rings is 2. The molecule has 2 aromatic rings. The van der Waals surface area contributed by atoms with Crippen LogP contribution in [0.2, 0.25) is 5.02 Å². The van der Waals surface area contributed by atoms with Gasteiger partial charge in [-0.05, 0) is 30.7 Å². The number of hydrogen-bond donors (Lipinski definition) is 2. The van der Waals surface area contributed by atoms with Gasteiger partial charge in [0.05, 0.1) is 18.2 Å². The fraction of sp³-hybridized carbons (Fsp3) is 0.333. The van der Waals surface area contributed by atoms with Gasteiger partial charge in [0.15, 0.2) is 11.5 Å². The van der Waals surface area contributed by atoms with Gasteiger partial charge in [0.1, 0.15) is 12.4 Å². The third-order valence-electron chi connectivity index (χ3n) is 3.32. The Kier molecular flexibility index (Phi) is 9.60. The fourth-order valence-electron chi connectivity index (χ4n) is 2.20. The second-order valence-corrected chi connectivity index (χ2v) is 5.53. The Labute approximate surface area is 158 Å². The van der Waals surface area contributed by atoms with Gasteiger partial charge in [0.25, 0.3) is 0 Å². The van der Waals surface area contributed by atoms with Crippen molar-refractivity contribution in [1.82, 2.24) is 5.32 Å². The molecule has 0 aliphatic heterocycles. The Hall–Kier alpha value is -1.53. The summed E-state index contributed by atoms with van der Waals surface area (Å²) in [5.74, 6) is 0.589. The Morgan fingerprint density at radius 3 is 2.64 bits per heavy atom. The van der Waals surface area contributed by atoms with Crippen molar-refractivity contribution in [3.63, 3.8) is 0 Å². The molecule has 0 fully saturated rings. The largest absolute Gasteiger partial charge is 0.490 e. The smallest absolute Gasteiger partial charge is 0.180 e. The van der Waals surface area contributed by atoms with Crippen LogP contribution in [0.3, 0.4) is 0 Å². The van der Waals surface area contributed by atoms with E-state index in [1.807, 2.05) is 13.0 Å². The zero-order valence-corrected chi connectivity index (χ0v) is 15.5. The van der Waals surface area contributed by atoms with Gasteiger partial charge in [-0.3, -0.25) is 0 Å². The summed E-state index contributed by atoms with van der Waals surface area (Å²) in [5, 5.41) is 12.3. The Morgan fingerprint density at radius 1 is 1.20 bits per heavy atom. The highest BCUT2D eigenvalue weighted by Gasteiger charge is 2.13. The van der Waals surface area contributed by atoms with E-state index >= 15 is 0 Å². The third kappa shape index (κ3) is 6.36. The van der Waals surface area contributed by atoms with Crippen LogP contribution in [0.5, 0.6) is 11.5 Å². The standard InChI is InChI=1S/C18H21ClFNO3.ClH/c1-2-23-17-10-13(11-21-7-8-22)9-15(19)18(17)24-12-14-5-3-4-6-16(14)20;/h3-6,9-10,21-22H,2,7-8,11-12H2,1H3;1H. The quantitative estimate of drug-likeness (QED) is 0.637. The highest BCUT2D eigenvalue weighted by Crippen LogP contribution is 2.37. The molecule has 0 saturated carbocycles. The topological polar surface area (TPSA) is 50.7 Å². The van der Waals surface area contributed by atoms with E-state index in [2.05, 4.69) is 5.32 Å². The number of rotatable bonds is 9. The first-order valence-corrected chi connectivity index (χ1v) is 8.16. The molecule has 2 aromatic carbocycles. The second kappa shape index (κ2) is 11.2. The molecule has 0 amide bonds. The van der Waals surface area contributed by atoms with Crippen molar-refractivity contribution in [1.29, 1.82) is 0 Å². The molecule has 0 aliphatic carbocycles. The van der Waals surface area contributed by atoms with Gasteiger partial charge in [0.2, 0.25) is 0 Å². The highest BCUT2D eigenvalue weighted by molar-refractivity contribution is 6.32. The van der Waals surface area contributed by atoms with Crippen LogP contribution in [0.1, 0.15) is 18.1 Å². The minimum atomic E-state index is -0.323. The molecule has 0 unspecified atom stereocenters. The summed E-state index contributed by atoms with van der Waals surface area (Å²) < 4.78 is 25.0. The maximum absolute atomic E-state index is 13.7. The van der Waals surface area contributed by atoms with Crippen molar-refractivity contribution < 1.29 is 19.0 Å². The number of hydrogen-bond acceptors (Lipinski definition) is 4. The normalized spacial score (nSPS) is 10.2. The van der Waals surface area contributed by atoms with Crippen molar-refractivity contribution in [3.05, 3.63) is 58.4 Å². The molecule has 0 radical (unpaired) electrons. The first-order chi connectivity index (χ1) is 11.7. The van der Waals surface area contributed by atoms with Crippen LogP contribution in [-0.4, -0.2) is 24.9 Å². The SMILES string of the molecule is CCOc1cc(CNCCO)cc(Cl)c1OCc1ccccc1F.Cl. The average Bonchev–Trinajstić information content (AvgIpc) is 2.56. The lowest BCUT2D eigenvalue weighted by molar-refractivity contribution is 0.265. The molecule has 0 atom stereocenters. The summed E-state index contributed by atoms with van der Waals surface area (Å²) in [6.45, 7) is 3.50. The van der Waals surface area contributed by atoms with Crippen LogP contribution in [0.15, 0.2) is 36.4 Å². The number of aliphatic hydroxyl groups is 1. The molecule has 4 nitrogen and oxygen atoms in total. The zero-order valence-electron chi connectivity index (χ0n) is 13.9. The molecule has 7 heteroatoms. The summed E-state index contributed by atoms with van der Waals surface area (Å²) in [7, 11) is 0. The molecule has 2 N–H and O–H groups in total. The van der Waals surface area contributed by atoms with Crippen LogP contribution in [-0.2, 0) is 13.2 Å². The van der Waals surface area contributed by atoms with Gasteiger partial charge < -0.3 is 19.9 Å². The lowest BCUT2D eigenvalue weighted by Gasteiger charge is -2.16. The minimum Gasteiger partial charge on any atom is -0.490 e. The predicted octanol–water partition coefficient (Wildman–Crippen LogP) is 3.96. The zero-order chi connectivity index (χ0) is 17.4. The summed E-state index contributed by atoms with van der Waals surface area (Å²) in [4.78, 5) is 0. The van der Waals surface area contributed by atoms with E-state index < -0.39 is 0 Å². The van der Waals surface area contributed by atoms with Crippen molar-refractivity contribution in [2.45, 2.75) is 20.1 Å². The van der Waals surface area contributed by atoms with E-state index in [-0.39, 0.29) is 31.4 Å². The summed E-state index contributed by atoms with van der Waals surface area (Å²) in [6.07, 6.45) is 0. The highest BCUT2D eigenvalue weighted by atomic mass is 35.5.